The Morgan fingerprint density at radius 2 is 2.21 bits per heavy atom. The van der Waals surface area contributed by atoms with Crippen LogP contribution in [0.3, 0.4) is 0 Å². The first-order valence-electron chi connectivity index (χ1n) is 3.67. The van der Waals surface area contributed by atoms with Crippen molar-refractivity contribution in [3.8, 4) is 0 Å². The van der Waals surface area contributed by atoms with Crippen LogP contribution in [-0.2, 0) is 17.8 Å². The Balaban J connectivity index is 2.64. The number of aromatic nitrogens is 2. The highest BCUT2D eigenvalue weighted by atomic mass is 19.4. The van der Waals surface area contributed by atoms with Crippen molar-refractivity contribution in [2.45, 2.75) is 19.1 Å². The minimum absolute atomic E-state index is 0.252. The Labute approximate surface area is 77.0 Å². The molecule has 0 aliphatic rings. The van der Waals surface area contributed by atoms with Crippen LogP contribution in [0.15, 0.2) is 12.4 Å². The van der Waals surface area contributed by atoms with Gasteiger partial charge < -0.3 is 5.11 Å². The number of halogens is 3. The van der Waals surface area contributed by atoms with Gasteiger partial charge in [-0.25, -0.2) is 0 Å². The predicted octanol–water partition coefficient (Wildman–Crippen LogP) is 1.07. The van der Waals surface area contributed by atoms with E-state index in [0.29, 0.717) is 4.68 Å². The first-order valence-corrected chi connectivity index (χ1v) is 3.67. The monoisotopic (exact) mass is 208 g/mol. The second-order valence-corrected chi connectivity index (χ2v) is 2.73. The highest BCUT2D eigenvalue weighted by Gasteiger charge is 2.28. The van der Waals surface area contributed by atoms with Crippen molar-refractivity contribution < 1.29 is 23.1 Å². The molecule has 0 saturated heterocycles. The lowest BCUT2D eigenvalue weighted by Crippen LogP contribution is -2.17. The van der Waals surface area contributed by atoms with E-state index in [2.05, 4.69) is 5.10 Å². The zero-order valence-corrected chi connectivity index (χ0v) is 6.95. The Bertz CT molecular complexity index is 332. The number of rotatable bonds is 3. The molecule has 0 amide bonds. The van der Waals surface area contributed by atoms with E-state index >= 15 is 0 Å². The molecule has 0 spiro atoms. The summed E-state index contributed by atoms with van der Waals surface area (Å²) in [6.45, 7) is -1.20. The van der Waals surface area contributed by atoms with E-state index in [1.165, 1.54) is 0 Å². The molecule has 0 atom stereocenters. The third-order valence-corrected chi connectivity index (χ3v) is 1.38. The van der Waals surface area contributed by atoms with E-state index in [1.807, 2.05) is 0 Å². The summed E-state index contributed by atoms with van der Waals surface area (Å²) in [5, 5.41) is 11.7. The highest BCUT2D eigenvalue weighted by Crippen LogP contribution is 2.17. The zero-order valence-electron chi connectivity index (χ0n) is 6.95. The van der Waals surface area contributed by atoms with E-state index < -0.39 is 18.7 Å². The minimum atomic E-state index is -4.34. The van der Waals surface area contributed by atoms with Gasteiger partial charge in [0.1, 0.15) is 6.54 Å². The molecule has 0 radical (unpaired) electrons. The maximum atomic E-state index is 11.8. The van der Waals surface area contributed by atoms with Crippen LogP contribution in [0.25, 0.3) is 0 Å². The lowest BCUT2D eigenvalue weighted by Gasteiger charge is -2.04. The molecule has 1 aromatic heterocycles. The maximum Gasteiger partial charge on any atom is 0.408 e. The van der Waals surface area contributed by atoms with Crippen LogP contribution in [0, 0.1) is 0 Å². The van der Waals surface area contributed by atoms with Gasteiger partial charge in [0.15, 0.2) is 0 Å². The Morgan fingerprint density at radius 1 is 1.57 bits per heavy atom. The van der Waals surface area contributed by atoms with Gasteiger partial charge in [0.05, 0.1) is 12.6 Å². The molecule has 78 valence electrons. The fraction of sp³-hybridized carbons (Fsp3) is 0.429. The molecule has 0 bridgehead atoms. The summed E-state index contributed by atoms with van der Waals surface area (Å²) in [5.41, 5.74) is 0.252. The number of hydrogen-bond acceptors (Lipinski definition) is 2. The van der Waals surface area contributed by atoms with Crippen LogP contribution >= 0.6 is 0 Å². The largest absolute Gasteiger partial charge is 0.481 e. The van der Waals surface area contributed by atoms with Crippen molar-refractivity contribution in [1.82, 2.24) is 9.78 Å². The van der Waals surface area contributed by atoms with Gasteiger partial charge >= 0.3 is 12.1 Å². The zero-order chi connectivity index (χ0) is 10.8. The van der Waals surface area contributed by atoms with Crippen LogP contribution in [0.1, 0.15) is 5.56 Å². The molecule has 4 nitrogen and oxygen atoms in total. The van der Waals surface area contributed by atoms with Crippen LogP contribution in [0.4, 0.5) is 13.2 Å². The van der Waals surface area contributed by atoms with Crippen molar-refractivity contribution in [3.05, 3.63) is 18.0 Å². The van der Waals surface area contributed by atoms with Gasteiger partial charge in [-0.05, 0) is 0 Å². The van der Waals surface area contributed by atoms with Crippen molar-refractivity contribution >= 4 is 5.97 Å². The van der Waals surface area contributed by atoms with Crippen molar-refractivity contribution in [1.29, 1.82) is 0 Å². The number of hydrogen-bond donors (Lipinski definition) is 1. The number of carboxylic acid groups (broad SMARTS) is 1. The predicted molar refractivity (Wildman–Crippen MR) is 39.6 cm³/mol. The van der Waals surface area contributed by atoms with Crippen molar-refractivity contribution in [2.24, 2.45) is 0 Å². The van der Waals surface area contributed by atoms with Gasteiger partial charge in [0.25, 0.3) is 0 Å². The van der Waals surface area contributed by atoms with E-state index in [1.54, 1.807) is 0 Å². The first kappa shape index (κ1) is 10.6. The first-order chi connectivity index (χ1) is 6.37. The quantitative estimate of drug-likeness (QED) is 0.808. The fourth-order valence-electron chi connectivity index (χ4n) is 0.942. The van der Waals surface area contributed by atoms with Gasteiger partial charge in [0.2, 0.25) is 0 Å². The summed E-state index contributed by atoms with van der Waals surface area (Å²) in [6, 6.07) is 0. The number of aliphatic carboxylic acids is 1. The Kier molecular flexibility index (Phi) is 2.78. The SMILES string of the molecule is O=C(O)Cc1cnn(CC(F)(F)F)c1. The number of carboxylic acids is 1. The molecule has 0 aliphatic carbocycles. The summed E-state index contributed by atoms with van der Waals surface area (Å²) in [4.78, 5) is 10.2. The molecule has 1 aromatic rings. The van der Waals surface area contributed by atoms with Gasteiger partial charge in [-0.3, -0.25) is 9.48 Å². The van der Waals surface area contributed by atoms with Gasteiger partial charge in [-0.15, -0.1) is 0 Å². The lowest BCUT2D eigenvalue weighted by atomic mass is 10.3. The lowest BCUT2D eigenvalue weighted by molar-refractivity contribution is -0.142. The molecule has 0 unspecified atom stereocenters. The average molecular weight is 208 g/mol. The van der Waals surface area contributed by atoms with E-state index in [-0.39, 0.29) is 12.0 Å². The molecular weight excluding hydrogens is 201 g/mol. The molecule has 1 N–H and O–H groups in total. The normalized spacial score (nSPS) is 11.6. The number of alkyl halides is 3. The standard InChI is InChI=1S/C7H7F3N2O2/c8-7(9,10)4-12-3-5(2-11-12)1-6(13)14/h2-3H,1,4H2,(H,13,14). The topological polar surface area (TPSA) is 55.1 Å². The molecular formula is C7H7F3N2O2. The van der Waals surface area contributed by atoms with Crippen LogP contribution < -0.4 is 0 Å². The van der Waals surface area contributed by atoms with Crippen LogP contribution in [0.5, 0.6) is 0 Å². The third-order valence-electron chi connectivity index (χ3n) is 1.38. The molecule has 0 aliphatic heterocycles. The van der Waals surface area contributed by atoms with Crippen molar-refractivity contribution in [2.75, 3.05) is 0 Å². The smallest absolute Gasteiger partial charge is 0.408 e. The molecule has 0 saturated carbocycles. The third kappa shape index (κ3) is 3.46. The summed E-state index contributed by atoms with van der Waals surface area (Å²) in [5.74, 6) is -1.10. The summed E-state index contributed by atoms with van der Waals surface area (Å²) < 4.78 is 36.2. The van der Waals surface area contributed by atoms with Gasteiger partial charge in [0, 0.05) is 11.8 Å². The highest BCUT2D eigenvalue weighted by molar-refractivity contribution is 5.69. The molecule has 7 heteroatoms. The summed E-state index contributed by atoms with van der Waals surface area (Å²) >= 11 is 0. The maximum absolute atomic E-state index is 11.8. The Morgan fingerprint density at radius 3 is 2.71 bits per heavy atom. The van der Waals surface area contributed by atoms with Gasteiger partial charge in [-0.1, -0.05) is 0 Å². The average Bonchev–Trinajstić information content (AvgIpc) is 2.30. The van der Waals surface area contributed by atoms with Crippen LogP contribution in [0.2, 0.25) is 0 Å². The Hall–Kier alpha value is -1.53. The van der Waals surface area contributed by atoms with E-state index in [9.17, 15) is 18.0 Å². The van der Waals surface area contributed by atoms with Crippen LogP contribution in [-0.4, -0.2) is 27.0 Å². The molecule has 1 heterocycles. The van der Waals surface area contributed by atoms with Gasteiger partial charge in [-0.2, -0.15) is 18.3 Å². The summed E-state index contributed by atoms with van der Waals surface area (Å²) in [7, 11) is 0. The fourth-order valence-corrected chi connectivity index (χ4v) is 0.942. The summed E-state index contributed by atoms with van der Waals surface area (Å²) in [6.07, 6.45) is -2.48. The molecule has 0 fully saturated rings. The van der Waals surface area contributed by atoms with E-state index in [4.69, 9.17) is 5.11 Å². The van der Waals surface area contributed by atoms with Crippen molar-refractivity contribution in [3.63, 3.8) is 0 Å². The number of nitrogens with zero attached hydrogens (tertiary/aromatic N) is 2. The van der Waals surface area contributed by atoms with E-state index in [0.717, 1.165) is 12.4 Å². The second-order valence-electron chi connectivity index (χ2n) is 2.73. The molecule has 0 aromatic carbocycles. The molecule has 14 heavy (non-hydrogen) atoms. The minimum Gasteiger partial charge on any atom is -0.481 e. The second kappa shape index (κ2) is 3.69. The molecule has 1 rings (SSSR count). The number of carbonyl (C=O) groups is 1.